The van der Waals surface area contributed by atoms with Gasteiger partial charge in [0.05, 0.1) is 5.60 Å². The molecule has 18 heavy (non-hydrogen) atoms. The molecule has 0 radical (unpaired) electrons. The van der Waals surface area contributed by atoms with Crippen LogP contribution in [0.3, 0.4) is 0 Å². The highest BCUT2D eigenvalue weighted by Crippen LogP contribution is 2.46. The summed E-state index contributed by atoms with van der Waals surface area (Å²) >= 11 is 0. The fraction of sp³-hybridized carbons (Fsp3) is 1.00. The molecule has 2 aliphatic carbocycles. The minimum absolute atomic E-state index is 0.304. The van der Waals surface area contributed by atoms with Crippen molar-refractivity contribution in [1.29, 1.82) is 0 Å². The summed E-state index contributed by atoms with van der Waals surface area (Å²) in [6.45, 7) is 1.03. The Morgan fingerprint density at radius 2 is 1.78 bits per heavy atom. The van der Waals surface area contributed by atoms with Gasteiger partial charge in [0.25, 0.3) is 0 Å². The van der Waals surface area contributed by atoms with E-state index < -0.39 is 0 Å². The number of hydrogen-bond donors (Lipinski definition) is 1. The van der Waals surface area contributed by atoms with Crippen LogP contribution in [-0.4, -0.2) is 25.3 Å². The minimum Gasteiger partial charge on any atom is -0.375 e. The zero-order valence-corrected chi connectivity index (χ0v) is 11.9. The zero-order valence-electron chi connectivity index (χ0n) is 11.9. The van der Waals surface area contributed by atoms with Gasteiger partial charge in [0.15, 0.2) is 0 Å². The smallest absolute Gasteiger partial charge is 0.0685 e. The average Bonchev–Trinajstić information content (AvgIpc) is 2.86. The molecule has 0 aromatic heterocycles. The van der Waals surface area contributed by atoms with Gasteiger partial charge < -0.3 is 10.1 Å². The van der Waals surface area contributed by atoms with Crippen molar-refractivity contribution in [2.24, 2.45) is 11.8 Å². The van der Waals surface area contributed by atoms with Crippen molar-refractivity contribution >= 4 is 0 Å². The molecule has 104 valence electrons. The highest BCUT2D eigenvalue weighted by Gasteiger charge is 2.43. The third kappa shape index (κ3) is 2.46. The monoisotopic (exact) mass is 251 g/mol. The molecular formula is C16H29NO. The van der Waals surface area contributed by atoms with Crippen molar-refractivity contribution in [1.82, 2.24) is 5.32 Å². The van der Waals surface area contributed by atoms with E-state index in [1.54, 1.807) is 0 Å². The minimum atomic E-state index is 0.304. The first-order valence-corrected chi connectivity index (χ1v) is 8.14. The topological polar surface area (TPSA) is 21.3 Å². The van der Waals surface area contributed by atoms with Crippen molar-refractivity contribution in [3.63, 3.8) is 0 Å². The van der Waals surface area contributed by atoms with E-state index in [1.807, 2.05) is 0 Å². The van der Waals surface area contributed by atoms with Crippen LogP contribution in [0.15, 0.2) is 0 Å². The van der Waals surface area contributed by atoms with E-state index in [0.29, 0.717) is 5.60 Å². The third-order valence-corrected chi connectivity index (χ3v) is 5.84. The largest absolute Gasteiger partial charge is 0.375 e. The van der Waals surface area contributed by atoms with Crippen molar-refractivity contribution in [2.45, 2.75) is 75.9 Å². The second-order valence-electron chi connectivity index (χ2n) is 6.83. The fourth-order valence-electron chi connectivity index (χ4n) is 4.88. The van der Waals surface area contributed by atoms with Crippen LogP contribution in [0.4, 0.5) is 0 Å². The third-order valence-electron chi connectivity index (χ3n) is 5.84. The van der Waals surface area contributed by atoms with Crippen LogP contribution in [-0.2, 0) is 4.74 Å². The van der Waals surface area contributed by atoms with Crippen LogP contribution in [0.2, 0.25) is 0 Å². The van der Waals surface area contributed by atoms with Crippen molar-refractivity contribution < 1.29 is 4.74 Å². The van der Waals surface area contributed by atoms with Crippen molar-refractivity contribution in [2.75, 3.05) is 13.7 Å². The lowest BCUT2D eigenvalue weighted by molar-refractivity contribution is -0.106. The van der Waals surface area contributed by atoms with Gasteiger partial charge in [0.1, 0.15) is 0 Å². The molecule has 1 spiro atoms. The molecule has 3 atom stereocenters. The van der Waals surface area contributed by atoms with E-state index in [1.165, 1.54) is 64.2 Å². The van der Waals surface area contributed by atoms with E-state index in [4.69, 9.17) is 4.74 Å². The molecule has 3 aliphatic rings. The summed E-state index contributed by atoms with van der Waals surface area (Å²) in [5.41, 5.74) is 0.304. The number of rotatable bonds is 2. The Morgan fingerprint density at radius 1 is 1.00 bits per heavy atom. The Hall–Kier alpha value is -0.0800. The van der Waals surface area contributed by atoms with Crippen molar-refractivity contribution in [3.05, 3.63) is 0 Å². The second-order valence-corrected chi connectivity index (χ2v) is 6.83. The highest BCUT2D eigenvalue weighted by molar-refractivity contribution is 4.95. The summed E-state index contributed by atoms with van der Waals surface area (Å²) in [7, 11) is 2.16. The Bertz CT molecular complexity index is 272. The Kier molecular flexibility index (Phi) is 3.95. The quantitative estimate of drug-likeness (QED) is 0.811. The predicted octanol–water partition coefficient (Wildman–Crippen LogP) is 3.50. The maximum Gasteiger partial charge on any atom is 0.0685 e. The maximum absolute atomic E-state index is 6.20. The van der Waals surface area contributed by atoms with Crippen LogP contribution in [0.25, 0.3) is 0 Å². The van der Waals surface area contributed by atoms with Gasteiger partial charge in [0, 0.05) is 12.6 Å². The molecule has 2 nitrogen and oxygen atoms in total. The Morgan fingerprint density at radius 3 is 2.56 bits per heavy atom. The molecule has 2 saturated carbocycles. The maximum atomic E-state index is 6.20. The van der Waals surface area contributed by atoms with Gasteiger partial charge in [-0.25, -0.2) is 0 Å². The van der Waals surface area contributed by atoms with Crippen molar-refractivity contribution in [3.8, 4) is 0 Å². The van der Waals surface area contributed by atoms with Gasteiger partial charge in [-0.15, -0.1) is 0 Å². The summed E-state index contributed by atoms with van der Waals surface area (Å²) in [5.74, 6) is 1.85. The second kappa shape index (κ2) is 5.50. The first kappa shape index (κ1) is 12.9. The van der Waals surface area contributed by atoms with Crippen LogP contribution in [0.5, 0.6) is 0 Å². The summed E-state index contributed by atoms with van der Waals surface area (Å²) in [4.78, 5) is 0. The fourth-order valence-corrected chi connectivity index (χ4v) is 4.88. The average molecular weight is 251 g/mol. The molecule has 3 unspecified atom stereocenters. The van der Waals surface area contributed by atoms with E-state index in [-0.39, 0.29) is 0 Å². The van der Waals surface area contributed by atoms with E-state index >= 15 is 0 Å². The van der Waals surface area contributed by atoms with Gasteiger partial charge in [-0.1, -0.05) is 25.7 Å². The summed E-state index contributed by atoms with van der Waals surface area (Å²) in [5, 5.41) is 3.59. The molecule has 0 amide bonds. The summed E-state index contributed by atoms with van der Waals surface area (Å²) in [6, 6.07) is 0.778. The molecule has 3 rings (SSSR count). The normalized spacial score (nSPS) is 40.2. The highest BCUT2D eigenvalue weighted by atomic mass is 16.5. The molecule has 3 fully saturated rings. The Labute approximate surface area is 112 Å². The molecule has 1 saturated heterocycles. The van der Waals surface area contributed by atoms with Gasteiger partial charge in [0.2, 0.25) is 0 Å². The van der Waals surface area contributed by atoms with Crippen LogP contribution >= 0.6 is 0 Å². The summed E-state index contributed by atoms with van der Waals surface area (Å²) < 4.78 is 6.20. The molecule has 1 heterocycles. The molecule has 2 heteroatoms. The molecule has 0 aromatic carbocycles. The summed E-state index contributed by atoms with van der Waals surface area (Å²) in [6.07, 6.45) is 13.8. The van der Waals surface area contributed by atoms with Crippen LogP contribution < -0.4 is 5.32 Å². The number of ether oxygens (including phenoxy) is 1. The van der Waals surface area contributed by atoms with Crippen LogP contribution in [0.1, 0.15) is 64.2 Å². The van der Waals surface area contributed by atoms with E-state index in [9.17, 15) is 0 Å². The van der Waals surface area contributed by atoms with Gasteiger partial charge in [-0.05, 0) is 57.4 Å². The number of hydrogen-bond acceptors (Lipinski definition) is 2. The lowest BCUT2D eigenvalue weighted by atomic mass is 9.70. The predicted molar refractivity (Wildman–Crippen MR) is 74.7 cm³/mol. The van der Waals surface area contributed by atoms with E-state index in [2.05, 4.69) is 12.4 Å². The number of nitrogens with one attached hydrogen (secondary N) is 1. The van der Waals surface area contributed by atoms with Gasteiger partial charge >= 0.3 is 0 Å². The first-order chi connectivity index (χ1) is 8.83. The lowest BCUT2D eigenvalue weighted by Gasteiger charge is -2.45. The molecule has 0 aromatic rings. The van der Waals surface area contributed by atoms with E-state index in [0.717, 1.165) is 24.5 Å². The molecule has 1 N–H and O–H groups in total. The lowest BCUT2D eigenvalue weighted by Crippen LogP contribution is -2.46. The standard InChI is InChI=1S/C16H29NO/c1-17-15-7-3-2-6-14(15)13-8-11-18-16(12-13)9-4-5-10-16/h13-15,17H,2-12H2,1H3. The molecule has 0 bridgehead atoms. The first-order valence-electron chi connectivity index (χ1n) is 8.14. The van der Waals surface area contributed by atoms with Gasteiger partial charge in [-0.2, -0.15) is 0 Å². The zero-order chi connectivity index (χ0) is 12.4. The molecule has 1 aliphatic heterocycles. The van der Waals surface area contributed by atoms with Crippen LogP contribution in [0, 0.1) is 11.8 Å². The SMILES string of the molecule is CNC1CCCCC1C1CCOC2(CCCC2)C1. The van der Waals surface area contributed by atoms with Gasteiger partial charge in [-0.3, -0.25) is 0 Å². The Balaban J connectivity index is 1.67. The molecular weight excluding hydrogens is 222 g/mol.